The number of fused-ring (bicyclic) bond motifs is 1. The summed E-state index contributed by atoms with van der Waals surface area (Å²) in [6.45, 7) is 1.93. The molecule has 3 atom stereocenters. The normalized spacial score (nSPS) is 27.9. The molecule has 1 aromatic carbocycles. The maximum Gasteiger partial charge on any atom is 0.269 e. The molecule has 0 spiro atoms. The Balaban J connectivity index is 1.94. The van der Waals surface area contributed by atoms with Gasteiger partial charge in [0.05, 0.1) is 22.4 Å². The molecule has 1 fully saturated rings. The zero-order valence-corrected chi connectivity index (χ0v) is 11.4. The van der Waals surface area contributed by atoms with Crippen LogP contribution in [0.15, 0.2) is 36.4 Å². The summed E-state index contributed by atoms with van der Waals surface area (Å²) in [5.74, 6) is -1.03. The van der Waals surface area contributed by atoms with Gasteiger partial charge in [-0.15, -0.1) is 0 Å². The maximum atomic E-state index is 12.5. The number of hydrogen-bond donors (Lipinski definition) is 0. The van der Waals surface area contributed by atoms with Crippen molar-refractivity contribution in [1.29, 1.82) is 0 Å². The summed E-state index contributed by atoms with van der Waals surface area (Å²) >= 11 is 0. The highest BCUT2D eigenvalue weighted by Crippen LogP contribution is 2.40. The Kier molecular flexibility index (Phi) is 3.08. The van der Waals surface area contributed by atoms with Crippen LogP contribution in [-0.4, -0.2) is 16.7 Å². The molecular formula is C15H14N2O4. The lowest BCUT2D eigenvalue weighted by atomic mass is 9.78. The highest BCUT2D eigenvalue weighted by atomic mass is 16.6. The topological polar surface area (TPSA) is 80.5 Å². The number of nitrogens with zero attached hydrogens (tertiary/aromatic N) is 2. The fourth-order valence-corrected chi connectivity index (χ4v) is 3.13. The number of non-ortho nitro benzene ring substituents is 1. The van der Waals surface area contributed by atoms with Crippen molar-refractivity contribution in [2.75, 3.05) is 4.90 Å². The molecule has 2 amide bonds. The summed E-state index contributed by atoms with van der Waals surface area (Å²) < 4.78 is 0. The molecule has 1 heterocycles. The van der Waals surface area contributed by atoms with Crippen LogP contribution in [-0.2, 0) is 9.59 Å². The molecule has 1 aliphatic carbocycles. The van der Waals surface area contributed by atoms with Crippen molar-refractivity contribution in [2.45, 2.75) is 13.3 Å². The Hall–Kier alpha value is -2.50. The Bertz CT molecular complexity index is 650. The second kappa shape index (κ2) is 4.80. The van der Waals surface area contributed by atoms with E-state index in [0.717, 1.165) is 0 Å². The van der Waals surface area contributed by atoms with Gasteiger partial charge in [0.1, 0.15) is 0 Å². The molecule has 21 heavy (non-hydrogen) atoms. The Labute approximate surface area is 121 Å². The Morgan fingerprint density at radius 1 is 1.19 bits per heavy atom. The van der Waals surface area contributed by atoms with Crippen LogP contribution in [0.5, 0.6) is 0 Å². The van der Waals surface area contributed by atoms with Gasteiger partial charge in [-0.2, -0.15) is 0 Å². The highest BCUT2D eigenvalue weighted by Gasteiger charge is 2.50. The fraction of sp³-hybridized carbons (Fsp3) is 0.333. The zero-order valence-electron chi connectivity index (χ0n) is 11.4. The van der Waals surface area contributed by atoms with Gasteiger partial charge in [-0.3, -0.25) is 24.6 Å². The minimum atomic E-state index is -0.511. The molecule has 0 radical (unpaired) electrons. The summed E-state index contributed by atoms with van der Waals surface area (Å²) in [4.78, 5) is 36.3. The quantitative estimate of drug-likeness (QED) is 0.361. The predicted molar refractivity (Wildman–Crippen MR) is 75.5 cm³/mol. The van der Waals surface area contributed by atoms with Gasteiger partial charge in [-0.1, -0.05) is 19.1 Å². The van der Waals surface area contributed by atoms with Crippen molar-refractivity contribution in [3.63, 3.8) is 0 Å². The third kappa shape index (κ3) is 2.03. The molecule has 1 saturated heterocycles. The number of carbonyl (C=O) groups is 2. The first-order chi connectivity index (χ1) is 10.0. The molecule has 0 bridgehead atoms. The van der Waals surface area contributed by atoms with Crippen LogP contribution in [0.1, 0.15) is 13.3 Å². The molecule has 0 N–H and O–H groups in total. The van der Waals surface area contributed by atoms with Gasteiger partial charge in [-0.25, -0.2) is 0 Å². The van der Waals surface area contributed by atoms with Crippen LogP contribution in [0.2, 0.25) is 0 Å². The monoisotopic (exact) mass is 286 g/mol. The number of anilines is 1. The van der Waals surface area contributed by atoms with E-state index in [2.05, 4.69) is 0 Å². The summed E-state index contributed by atoms with van der Waals surface area (Å²) in [5.41, 5.74) is 0.336. The second-order valence-electron chi connectivity index (χ2n) is 5.44. The molecule has 0 unspecified atom stereocenters. The van der Waals surface area contributed by atoms with Crippen LogP contribution in [0.4, 0.5) is 11.4 Å². The van der Waals surface area contributed by atoms with Crippen LogP contribution >= 0.6 is 0 Å². The first-order valence-electron chi connectivity index (χ1n) is 6.79. The van der Waals surface area contributed by atoms with Gasteiger partial charge in [-0.05, 0) is 24.5 Å². The standard InChI is InChI=1S/C15H14N2O4/c1-9-3-2-4-12-13(9)15(19)16(14(12)18)10-5-7-11(8-6-10)17(20)21/h2-3,5-9,12-13H,4H2,1H3/t9-,12+,13+/m1/s1. The maximum absolute atomic E-state index is 12.5. The van der Waals surface area contributed by atoms with E-state index in [4.69, 9.17) is 0 Å². The van der Waals surface area contributed by atoms with Crippen molar-refractivity contribution in [1.82, 2.24) is 0 Å². The van der Waals surface area contributed by atoms with Crippen LogP contribution in [0.25, 0.3) is 0 Å². The molecule has 6 heteroatoms. The number of hydrogen-bond acceptors (Lipinski definition) is 4. The van der Waals surface area contributed by atoms with Gasteiger partial charge >= 0.3 is 0 Å². The largest absolute Gasteiger partial charge is 0.274 e. The number of rotatable bonds is 2. The van der Waals surface area contributed by atoms with Gasteiger partial charge in [0.2, 0.25) is 11.8 Å². The van der Waals surface area contributed by atoms with Crippen molar-refractivity contribution < 1.29 is 14.5 Å². The molecule has 6 nitrogen and oxygen atoms in total. The van der Waals surface area contributed by atoms with Crippen LogP contribution in [0.3, 0.4) is 0 Å². The van der Waals surface area contributed by atoms with E-state index in [0.29, 0.717) is 12.1 Å². The predicted octanol–water partition coefficient (Wildman–Crippen LogP) is 2.30. The van der Waals surface area contributed by atoms with E-state index >= 15 is 0 Å². The molecule has 1 aliphatic heterocycles. The van der Waals surface area contributed by atoms with Gasteiger partial charge < -0.3 is 0 Å². The lowest BCUT2D eigenvalue weighted by Crippen LogP contribution is -2.31. The second-order valence-corrected chi connectivity index (χ2v) is 5.44. The number of nitro benzene ring substituents is 1. The third-order valence-corrected chi connectivity index (χ3v) is 4.19. The van der Waals surface area contributed by atoms with E-state index in [1.54, 1.807) is 0 Å². The van der Waals surface area contributed by atoms with E-state index < -0.39 is 4.92 Å². The van der Waals surface area contributed by atoms with Crippen molar-refractivity contribution in [2.24, 2.45) is 17.8 Å². The lowest BCUT2D eigenvalue weighted by Gasteiger charge is -2.22. The summed E-state index contributed by atoms with van der Waals surface area (Å²) in [7, 11) is 0. The Morgan fingerprint density at radius 2 is 1.86 bits per heavy atom. The highest BCUT2D eigenvalue weighted by molar-refractivity contribution is 6.22. The minimum absolute atomic E-state index is 0.0308. The molecule has 3 rings (SSSR count). The molecule has 0 aromatic heterocycles. The number of carbonyl (C=O) groups excluding carboxylic acids is 2. The van der Waals surface area contributed by atoms with Gasteiger partial charge in [0.15, 0.2) is 0 Å². The van der Waals surface area contributed by atoms with Crippen molar-refractivity contribution in [3.05, 3.63) is 46.5 Å². The summed E-state index contributed by atoms with van der Waals surface area (Å²) in [5, 5.41) is 10.7. The summed E-state index contributed by atoms with van der Waals surface area (Å²) in [6.07, 6.45) is 4.48. The fourth-order valence-electron chi connectivity index (χ4n) is 3.13. The van der Waals surface area contributed by atoms with Crippen LogP contribution < -0.4 is 4.90 Å². The number of benzene rings is 1. The van der Waals surface area contributed by atoms with Gasteiger partial charge in [0.25, 0.3) is 5.69 Å². The third-order valence-electron chi connectivity index (χ3n) is 4.19. The molecule has 108 valence electrons. The van der Waals surface area contributed by atoms with Crippen LogP contribution in [0, 0.1) is 27.9 Å². The summed E-state index contributed by atoms with van der Waals surface area (Å²) in [6, 6.07) is 5.51. The zero-order chi connectivity index (χ0) is 15.1. The van der Waals surface area contributed by atoms with E-state index in [9.17, 15) is 19.7 Å². The van der Waals surface area contributed by atoms with E-state index in [1.807, 2.05) is 19.1 Å². The smallest absolute Gasteiger partial charge is 0.269 e. The molecular weight excluding hydrogens is 272 g/mol. The SMILES string of the molecule is C[C@@H]1C=CC[C@@H]2C(=O)N(c3ccc([N+](=O)[O-])cc3)C(=O)[C@@H]12. The van der Waals surface area contributed by atoms with Crippen molar-refractivity contribution >= 4 is 23.2 Å². The Morgan fingerprint density at radius 3 is 2.43 bits per heavy atom. The first-order valence-corrected chi connectivity index (χ1v) is 6.79. The van der Waals surface area contributed by atoms with Gasteiger partial charge in [0, 0.05) is 12.1 Å². The van der Waals surface area contributed by atoms with E-state index in [1.165, 1.54) is 29.2 Å². The number of imide groups is 1. The molecule has 2 aliphatic rings. The average molecular weight is 286 g/mol. The van der Waals surface area contributed by atoms with E-state index in [-0.39, 0.29) is 35.3 Å². The average Bonchev–Trinajstić information content (AvgIpc) is 2.72. The first kappa shape index (κ1) is 13.5. The minimum Gasteiger partial charge on any atom is -0.274 e. The lowest BCUT2D eigenvalue weighted by molar-refractivity contribution is -0.384. The van der Waals surface area contributed by atoms with Crippen molar-refractivity contribution in [3.8, 4) is 0 Å². The number of amides is 2. The molecule has 1 aromatic rings. The number of nitro groups is 1. The number of allylic oxidation sites excluding steroid dienone is 2. The molecule has 0 saturated carbocycles.